The minimum atomic E-state index is -0.616. The van der Waals surface area contributed by atoms with Gasteiger partial charge < -0.3 is 4.90 Å². The van der Waals surface area contributed by atoms with Gasteiger partial charge in [-0.3, -0.25) is 29.6 Å². The summed E-state index contributed by atoms with van der Waals surface area (Å²) < 4.78 is 0. The lowest BCUT2D eigenvalue weighted by Crippen LogP contribution is -2.50. The van der Waals surface area contributed by atoms with Gasteiger partial charge in [-0.2, -0.15) is 0 Å². The Kier molecular flexibility index (Phi) is 9.81. The lowest BCUT2D eigenvalue weighted by molar-refractivity contribution is -0.136. The SMILES string of the molecule is O=C(NN(CC(=O)c1ccc(Cl)cc1Cl)C(=O)C1=CN=CCC1)C1=CN(CC(=O)c2ccc(Cl)cc2Cl)C=CC1. The number of ketones is 2. The average molecular weight is 620 g/mol. The maximum Gasteiger partial charge on any atom is 0.270 e. The van der Waals surface area contributed by atoms with Crippen molar-refractivity contribution in [2.45, 2.75) is 19.3 Å². The summed E-state index contributed by atoms with van der Waals surface area (Å²) in [4.78, 5) is 58.0. The van der Waals surface area contributed by atoms with E-state index in [1.54, 1.807) is 24.6 Å². The van der Waals surface area contributed by atoms with Crippen molar-refractivity contribution in [3.63, 3.8) is 0 Å². The van der Waals surface area contributed by atoms with Gasteiger partial charge >= 0.3 is 0 Å². The van der Waals surface area contributed by atoms with E-state index in [0.717, 1.165) is 5.01 Å². The third-order valence-electron chi connectivity index (χ3n) is 5.97. The zero-order valence-electron chi connectivity index (χ0n) is 20.9. The molecule has 2 heterocycles. The zero-order chi connectivity index (χ0) is 28.8. The fourth-order valence-electron chi connectivity index (χ4n) is 3.97. The van der Waals surface area contributed by atoms with Crippen LogP contribution in [0.3, 0.4) is 0 Å². The first kappa shape index (κ1) is 29.6. The molecule has 8 nitrogen and oxygen atoms in total. The molecule has 0 unspecified atom stereocenters. The molecule has 12 heteroatoms. The second-order valence-corrected chi connectivity index (χ2v) is 10.6. The number of allylic oxidation sites excluding steroid dienone is 1. The Bertz CT molecular complexity index is 1500. The standard InChI is InChI=1S/C28H22Cl4N4O4/c29-19-5-7-21(23(31)11-19)25(37)15-35-10-2-4-18(14-35)27(39)34-36(28(40)17-3-1-9-33-13-17)16-26(38)22-8-6-20(30)12-24(22)32/h2,5-14H,1,3-4,15-16H2,(H,34,39). The van der Waals surface area contributed by atoms with Gasteiger partial charge in [0.05, 0.1) is 16.6 Å². The Hall–Kier alpha value is -3.43. The van der Waals surface area contributed by atoms with Gasteiger partial charge in [0.25, 0.3) is 11.8 Å². The van der Waals surface area contributed by atoms with E-state index in [1.807, 2.05) is 0 Å². The van der Waals surface area contributed by atoms with Crippen molar-refractivity contribution in [1.29, 1.82) is 0 Å². The second-order valence-electron chi connectivity index (χ2n) is 8.87. The number of carbonyl (C=O) groups excluding carboxylic acids is 4. The quantitative estimate of drug-likeness (QED) is 0.285. The number of aliphatic imine (C=N–C) groups is 1. The summed E-state index contributed by atoms with van der Waals surface area (Å²) in [5.74, 6) is -1.97. The van der Waals surface area contributed by atoms with Crippen molar-refractivity contribution in [3.8, 4) is 0 Å². The number of halogens is 4. The Labute approximate surface area is 250 Å². The van der Waals surface area contributed by atoms with Crippen molar-refractivity contribution >= 4 is 76.0 Å². The second kappa shape index (κ2) is 13.3. The number of rotatable bonds is 8. The van der Waals surface area contributed by atoms with Crippen molar-refractivity contribution in [2.75, 3.05) is 13.1 Å². The van der Waals surface area contributed by atoms with Crippen LogP contribution < -0.4 is 5.43 Å². The predicted octanol–water partition coefficient (Wildman–Crippen LogP) is 6.08. The Morgan fingerprint density at radius 3 is 2.15 bits per heavy atom. The third-order valence-corrected chi connectivity index (χ3v) is 7.07. The summed E-state index contributed by atoms with van der Waals surface area (Å²) >= 11 is 24.2. The van der Waals surface area contributed by atoms with Crippen LogP contribution in [0.25, 0.3) is 0 Å². The van der Waals surface area contributed by atoms with Crippen LogP contribution in [0.5, 0.6) is 0 Å². The summed E-state index contributed by atoms with van der Waals surface area (Å²) in [5.41, 5.74) is 3.60. The molecule has 2 aromatic carbocycles. The van der Waals surface area contributed by atoms with Crippen LogP contribution >= 0.6 is 46.4 Å². The largest absolute Gasteiger partial charge is 0.346 e. The molecule has 0 saturated heterocycles. The lowest BCUT2D eigenvalue weighted by Gasteiger charge is -2.26. The number of hydrazine groups is 1. The van der Waals surface area contributed by atoms with Crippen LogP contribution in [0.4, 0.5) is 0 Å². The van der Waals surface area contributed by atoms with Crippen LogP contribution in [0.2, 0.25) is 20.1 Å². The van der Waals surface area contributed by atoms with Crippen molar-refractivity contribution in [1.82, 2.24) is 15.3 Å². The molecule has 0 spiro atoms. The minimum absolute atomic E-state index is 0.0876. The fourth-order valence-corrected chi connectivity index (χ4v) is 4.99. The van der Waals surface area contributed by atoms with Crippen molar-refractivity contribution < 1.29 is 19.2 Å². The molecule has 0 radical (unpaired) electrons. The number of Topliss-reactive ketones (excluding diaryl/α,β-unsaturated/α-hetero) is 2. The molecule has 0 saturated carbocycles. The van der Waals surface area contributed by atoms with Gasteiger partial charge in [0.15, 0.2) is 11.6 Å². The van der Waals surface area contributed by atoms with Gasteiger partial charge in [0, 0.05) is 57.1 Å². The van der Waals surface area contributed by atoms with Gasteiger partial charge in [0.2, 0.25) is 0 Å². The number of benzene rings is 2. The molecule has 0 aliphatic carbocycles. The topological polar surface area (TPSA) is 99.2 Å². The summed E-state index contributed by atoms with van der Waals surface area (Å²) in [5, 5.41) is 2.06. The molecule has 4 rings (SSSR count). The number of nitrogens with zero attached hydrogens (tertiary/aromatic N) is 3. The van der Waals surface area contributed by atoms with Gasteiger partial charge in [-0.05, 0) is 55.7 Å². The molecule has 1 N–H and O–H groups in total. The van der Waals surface area contributed by atoms with Crippen molar-refractivity contribution in [2.24, 2.45) is 4.99 Å². The number of amides is 2. The molecule has 206 valence electrons. The molecule has 0 fully saturated rings. The highest BCUT2D eigenvalue weighted by molar-refractivity contribution is 6.37. The number of carbonyl (C=O) groups is 4. The minimum Gasteiger partial charge on any atom is -0.346 e. The summed E-state index contributed by atoms with van der Waals surface area (Å²) in [6, 6.07) is 8.97. The first-order valence-corrected chi connectivity index (χ1v) is 13.6. The van der Waals surface area contributed by atoms with Crippen LogP contribution in [0, 0.1) is 0 Å². The van der Waals surface area contributed by atoms with E-state index in [-0.39, 0.29) is 39.9 Å². The van der Waals surface area contributed by atoms with Gasteiger partial charge in [0.1, 0.15) is 6.54 Å². The smallest absolute Gasteiger partial charge is 0.270 e. The Balaban J connectivity index is 1.51. The van der Waals surface area contributed by atoms with Gasteiger partial charge in [-0.25, -0.2) is 5.01 Å². The number of nitrogens with one attached hydrogen (secondary N) is 1. The molecule has 40 heavy (non-hydrogen) atoms. The lowest BCUT2D eigenvalue weighted by atomic mass is 10.1. The molecule has 2 amide bonds. The number of hydrogen-bond acceptors (Lipinski definition) is 6. The van der Waals surface area contributed by atoms with Crippen LogP contribution in [0.1, 0.15) is 40.0 Å². The Morgan fingerprint density at radius 2 is 1.55 bits per heavy atom. The highest BCUT2D eigenvalue weighted by atomic mass is 35.5. The van der Waals surface area contributed by atoms with Crippen LogP contribution in [-0.2, 0) is 9.59 Å². The van der Waals surface area contributed by atoms with E-state index in [0.29, 0.717) is 34.0 Å². The first-order valence-electron chi connectivity index (χ1n) is 12.1. The molecule has 0 atom stereocenters. The zero-order valence-corrected chi connectivity index (χ0v) is 23.9. The fraction of sp³-hybridized carbons (Fsp3) is 0.179. The first-order chi connectivity index (χ1) is 19.1. The number of hydrogen-bond donors (Lipinski definition) is 1. The van der Waals surface area contributed by atoms with Gasteiger partial charge in [-0.1, -0.05) is 52.5 Å². The normalized spacial score (nSPS) is 14.3. The summed E-state index contributed by atoms with van der Waals surface area (Å²) in [7, 11) is 0. The molecule has 2 aliphatic heterocycles. The monoisotopic (exact) mass is 618 g/mol. The molecule has 0 bridgehead atoms. The maximum absolute atomic E-state index is 13.3. The van der Waals surface area contributed by atoms with E-state index < -0.39 is 24.1 Å². The molecule has 0 aromatic heterocycles. The van der Waals surface area contributed by atoms with E-state index >= 15 is 0 Å². The highest BCUT2D eigenvalue weighted by Crippen LogP contribution is 2.24. The summed E-state index contributed by atoms with van der Waals surface area (Å²) in [6.07, 6.45) is 9.14. The maximum atomic E-state index is 13.3. The van der Waals surface area contributed by atoms with E-state index in [4.69, 9.17) is 46.4 Å². The predicted molar refractivity (Wildman–Crippen MR) is 156 cm³/mol. The molecule has 2 aliphatic rings. The highest BCUT2D eigenvalue weighted by Gasteiger charge is 2.26. The van der Waals surface area contributed by atoms with E-state index in [2.05, 4.69) is 10.4 Å². The molecular formula is C28H22Cl4N4O4. The van der Waals surface area contributed by atoms with E-state index in [9.17, 15) is 19.2 Å². The molecular weight excluding hydrogens is 598 g/mol. The Morgan fingerprint density at radius 1 is 0.900 bits per heavy atom. The van der Waals surface area contributed by atoms with Crippen LogP contribution in [-0.4, -0.2) is 52.6 Å². The average Bonchev–Trinajstić information content (AvgIpc) is 2.92. The van der Waals surface area contributed by atoms with Crippen molar-refractivity contribution in [3.05, 3.63) is 103 Å². The van der Waals surface area contributed by atoms with Crippen LogP contribution in [0.15, 0.2) is 77.2 Å². The molecule has 2 aromatic rings. The third kappa shape index (κ3) is 7.40. The van der Waals surface area contributed by atoms with E-state index in [1.165, 1.54) is 47.6 Å². The van der Waals surface area contributed by atoms with Gasteiger partial charge in [-0.15, -0.1) is 0 Å². The summed E-state index contributed by atoms with van der Waals surface area (Å²) in [6.45, 7) is -0.566.